The molecule has 3 N–H and O–H groups in total. The molecule has 0 unspecified atom stereocenters. The number of sulfonamides is 1. The molecule has 0 aliphatic carbocycles. The van der Waals surface area contributed by atoms with Crippen LogP contribution < -0.4 is 10.6 Å². The molecule has 1 aliphatic rings. The number of piperidine rings is 1. The van der Waals surface area contributed by atoms with E-state index in [0.717, 1.165) is 11.4 Å². The second-order valence-corrected chi connectivity index (χ2v) is 9.00. The fraction of sp³-hybridized carbons (Fsp3) is 0.500. The molecule has 152 valence electrons. The maximum atomic E-state index is 12.3. The van der Waals surface area contributed by atoms with Gasteiger partial charge in [0, 0.05) is 30.4 Å². The summed E-state index contributed by atoms with van der Waals surface area (Å²) >= 11 is 0. The molecule has 9 nitrogen and oxygen atoms in total. The van der Waals surface area contributed by atoms with E-state index in [2.05, 4.69) is 25.8 Å². The van der Waals surface area contributed by atoms with Crippen molar-refractivity contribution in [2.24, 2.45) is 0 Å². The fourth-order valence-electron chi connectivity index (χ4n) is 3.23. The summed E-state index contributed by atoms with van der Waals surface area (Å²) in [6.07, 6.45) is 1.81. The summed E-state index contributed by atoms with van der Waals surface area (Å²) in [6.45, 7) is 4.55. The Bertz CT molecular complexity index is 919. The van der Waals surface area contributed by atoms with Crippen LogP contribution in [0.15, 0.2) is 24.3 Å². The van der Waals surface area contributed by atoms with Crippen LogP contribution in [0, 0.1) is 6.92 Å². The molecule has 0 atom stereocenters. The summed E-state index contributed by atoms with van der Waals surface area (Å²) in [4.78, 5) is 16.6. The molecule has 0 radical (unpaired) electrons. The fourth-order valence-corrected chi connectivity index (χ4v) is 4.77. The highest BCUT2D eigenvalue weighted by molar-refractivity contribution is 7.89. The number of amides is 2. The Hall–Kier alpha value is -2.46. The summed E-state index contributed by atoms with van der Waals surface area (Å²) in [5.74, 6) is 1.47. The van der Waals surface area contributed by atoms with Crippen LogP contribution in [-0.4, -0.2) is 58.8 Å². The lowest BCUT2D eigenvalue weighted by atomic mass is 10.1. The predicted octanol–water partition coefficient (Wildman–Crippen LogP) is 2.11. The number of carbonyl (C=O) groups excluding carboxylic acids is 1. The third-order valence-corrected chi connectivity index (χ3v) is 6.70. The molecule has 1 fully saturated rings. The highest BCUT2D eigenvalue weighted by atomic mass is 32.2. The summed E-state index contributed by atoms with van der Waals surface area (Å²) in [7, 11) is -3.17. The van der Waals surface area contributed by atoms with Gasteiger partial charge in [-0.2, -0.15) is 5.10 Å². The van der Waals surface area contributed by atoms with Gasteiger partial charge in [-0.25, -0.2) is 22.5 Å². The smallest absolute Gasteiger partial charge is 0.319 e. The lowest BCUT2D eigenvalue weighted by Crippen LogP contribution is -2.47. The van der Waals surface area contributed by atoms with Gasteiger partial charge >= 0.3 is 6.03 Å². The normalized spacial score (nSPS) is 16.1. The summed E-state index contributed by atoms with van der Waals surface area (Å²) < 4.78 is 25.8. The van der Waals surface area contributed by atoms with Crippen molar-refractivity contribution in [2.45, 2.75) is 39.2 Å². The molecule has 0 saturated carbocycles. The highest BCUT2D eigenvalue weighted by Crippen LogP contribution is 2.20. The zero-order valence-electron chi connectivity index (χ0n) is 16.1. The van der Waals surface area contributed by atoms with E-state index in [1.54, 1.807) is 6.07 Å². The zero-order valence-corrected chi connectivity index (χ0v) is 16.9. The van der Waals surface area contributed by atoms with Crippen molar-refractivity contribution < 1.29 is 13.2 Å². The monoisotopic (exact) mass is 406 g/mol. The molecule has 1 aliphatic heterocycles. The molecule has 1 aromatic carbocycles. The van der Waals surface area contributed by atoms with Crippen LogP contribution in [0.5, 0.6) is 0 Å². The minimum absolute atomic E-state index is 0.0492. The number of nitrogens with one attached hydrogen (secondary N) is 3. The number of H-pyrrole nitrogens is 1. The molecule has 28 heavy (non-hydrogen) atoms. The first kappa shape index (κ1) is 20.3. The lowest BCUT2D eigenvalue weighted by molar-refractivity contribution is 0.238. The summed E-state index contributed by atoms with van der Waals surface area (Å²) in [5, 5.41) is 12.7. The number of aryl methyl sites for hydroxylation is 1. The molecular weight excluding hydrogens is 380 g/mol. The molecule has 2 aromatic rings. The van der Waals surface area contributed by atoms with E-state index in [1.165, 1.54) is 4.31 Å². The van der Waals surface area contributed by atoms with Gasteiger partial charge in [0.1, 0.15) is 5.82 Å². The van der Waals surface area contributed by atoms with Gasteiger partial charge in [0.15, 0.2) is 5.82 Å². The Balaban J connectivity index is 1.53. The molecule has 0 spiro atoms. The van der Waals surface area contributed by atoms with Crippen molar-refractivity contribution in [3.63, 3.8) is 0 Å². The maximum Gasteiger partial charge on any atom is 0.319 e. The van der Waals surface area contributed by atoms with E-state index >= 15 is 0 Å². The minimum atomic E-state index is -3.17. The lowest BCUT2D eigenvalue weighted by Gasteiger charge is -2.31. The molecule has 1 aromatic heterocycles. The second-order valence-electron chi connectivity index (χ2n) is 6.91. The van der Waals surface area contributed by atoms with Gasteiger partial charge in [0.2, 0.25) is 10.0 Å². The Morgan fingerprint density at radius 2 is 2.07 bits per heavy atom. The number of rotatable bonds is 6. The number of hydrogen-bond donors (Lipinski definition) is 3. The number of benzene rings is 1. The van der Waals surface area contributed by atoms with Crippen LogP contribution in [0.2, 0.25) is 0 Å². The average molecular weight is 407 g/mol. The average Bonchev–Trinajstić information content (AvgIpc) is 3.09. The first-order valence-electron chi connectivity index (χ1n) is 9.42. The zero-order chi connectivity index (χ0) is 20.1. The predicted molar refractivity (Wildman–Crippen MR) is 107 cm³/mol. The van der Waals surface area contributed by atoms with Crippen LogP contribution in [0.3, 0.4) is 0 Å². The Labute approximate surface area is 165 Å². The van der Waals surface area contributed by atoms with Gasteiger partial charge in [-0.15, -0.1) is 0 Å². The molecule has 3 rings (SSSR count). The number of hydrogen-bond acceptors (Lipinski definition) is 5. The minimum Gasteiger partial charge on any atom is -0.335 e. The number of anilines is 1. The third kappa shape index (κ3) is 5.08. The standard InChI is InChI=1S/C18H26N6O3S/c1-3-11-28(26,27)24-9-7-15(8-10-24)20-18(25)21-16-6-4-5-14(12-16)17-19-13(2)22-23-17/h4-6,12,15H,3,7-11H2,1-2H3,(H,19,22,23)(H2,20,21,25). The van der Waals surface area contributed by atoms with Crippen molar-refractivity contribution in [1.29, 1.82) is 0 Å². The van der Waals surface area contributed by atoms with Crippen molar-refractivity contribution in [1.82, 2.24) is 24.8 Å². The number of carbonyl (C=O) groups is 1. The number of aromatic amines is 1. The van der Waals surface area contributed by atoms with E-state index in [9.17, 15) is 13.2 Å². The Morgan fingerprint density at radius 3 is 2.71 bits per heavy atom. The van der Waals surface area contributed by atoms with Gasteiger partial charge in [-0.1, -0.05) is 19.1 Å². The van der Waals surface area contributed by atoms with E-state index in [-0.39, 0.29) is 17.8 Å². The molecule has 2 amide bonds. The second kappa shape index (κ2) is 8.70. The van der Waals surface area contributed by atoms with Crippen molar-refractivity contribution in [2.75, 3.05) is 24.2 Å². The van der Waals surface area contributed by atoms with Crippen molar-refractivity contribution in [3.05, 3.63) is 30.1 Å². The molecule has 1 saturated heterocycles. The van der Waals surface area contributed by atoms with E-state index in [0.29, 0.717) is 43.9 Å². The Kier molecular flexibility index (Phi) is 6.30. The molecular formula is C18H26N6O3S. The quantitative estimate of drug-likeness (QED) is 0.679. The first-order valence-corrected chi connectivity index (χ1v) is 11.0. The Morgan fingerprint density at radius 1 is 1.32 bits per heavy atom. The van der Waals surface area contributed by atoms with Gasteiger partial charge in [0.25, 0.3) is 0 Å². The molecule has 10 heteroatoms. The van der Waals surface area contributed by atoms with Gasteiger partial charge in [-0.05, 0) is 38.3 Å². The van der Waals surface area contributed by atoms with E-state index in [4.69, 9.17) is 0 Å². The summed E-state index contributed by atoms with van der Waals surface area (Å²) in [5.41, 5.74) is 1.44. The molecule has 0 bridgehead atoms. The van der Waals surface area contributed by atoms with Crippen LogP contribution in [-0.2, 0) is 10.0 Å². The highest BCUT2D eigenvalue weighted by Gasteiger charge is 2.27. The maximum absolute atomic E-state index is 12.3. The van der Waals surface area contributed by atoms with E-state index < -0.39 is 10.0 Å². The topological polar surface area (TPSA) is 120 Å². The first-order chi connectivity index (χ1) is 13.4. The van der Waals surface area contributed by atoms with Crippen LogP contribution >= 0.6 is 0 Å². The van der Waals surface area contributed by atoms with Gasteiger partial charge in [-0.3, -0.25) is 5.10 Å². The largest absolute Gasteiger partial charge is 0.335 e. The van der Waals surface area contributed by atoms with Crippen LogP contribution in [0.1, 0.15) is 32.0 Å². The van der Waals surface area contributed by atoms with E-state index in [1.807, 2.05) is 32.0 Å². The summed E-state index contributed by atoms with van der Waals surface area (Å²) in [6, 6.07) is 6.95. The van der Waals surface area contributed by atoms with Gasteiger partial charge in [0.05, 0.1) is 5.75 Å². The molecule has 2 heterocycles. The number of nitrogens with zero attached hydrogens (tertiary/aromatic N) is 3. The van der Waals surface area contributed by atoms with Gasteiger partial charge < -0.3 is 10.6 Å². The van der Waals surface area contributed by atoms with Crippen molar-refractivity contribution in [3.8, 4) is 11.4 Å². The third-order valence-electron chi connectivity index (χ3n) is 4.62. The number of aromatic nitrogens is 3. The number of urea groups is 1. The van der Waals surface area contributed by atoms with Crippen LogP contribution in [0.4, 0.5) is 10.5 Å². The SMILES string of the molecule is CCCS(=O)(=O)N1CCC(NC(=O)Nc2cccc(-c3n[nH]c(C)n3)c2)CC1. The van der Waals surface area contributed by atoms with Crippen molar-refractivity contribution >= 4 is 21.7 Å². The van der Waals surface area contributed by atoms with Crippen LogP contribution in [0.25, 0.3) is 11.4 Å².